The van der Waals surface area contributed by atoms with Gasteiger partial charge in [0.15, 0.2) is 0 Å². The van der Waals surface area contributed by atoms with Crippen molar-refractivity contribution in [2.24, 2.45) is 5.73 Å². The number of benzene rings is 2. The molecule has 0 radical (unpaired) electrons. The van der Waals surface area contributed by atoms with Crippen LogP contribution >= 0.6 is 11.6 Å². The molecule has 0 aliphatic rings. The third kappa shape index (κ3) is 3.11. The van der Waals surface area contributed by atoms with Crippen LogP contribution in [0.1, 0.15) is 27.0 Å². The van der Waals surface area contributed by atoms with Crippen LogP contribution in [0.2, 0.25) is 5.02 Å². The third-order valence-electron chi connectivity index (χ3n) is 3.32. The van der Waals surface area contributed by atoms with E-state index in [1.165, 1.54) is 0 Å². The number of aryl methyl sites for hydroxylation is 1. The largest absolute Gasteiger partial charge is 0.381 e. The molecule has 20 heavy (non-hydrogen) atoms. The SMILES string of the molecule is Cc1ccc(CNc2cccc(C(N)=O)c2C)cc1Cl. The number of rotatable bonds is 4. The number of carbonyl (C=O) groups excluding carboxylic acids is 1. The summed E-state index contributed by atoms with van der Waals surface area (Å²) in [4.78, 5) is 11.3. The van der Waals surface area contributed by atoms with Gasteiger partial charge >= 0.3 is 0 Å². The topological polar surface area (TPSA) is 55.1 Å². The maximum absolute atomic E-state index is 11.3. The number of anilines is 1. The average molecular weight is 289 g/mol. The quantitative estimate of drug-likeness (QED) is 0.902. The van der Waals surface area contributed by atoms with Crippen molar-refractivity contribution in [3.8, 4) is 0 Å². The molecule has 2 aromatic carbocycles. The first-order valence-corrected chi connectivity index (χ1v) is 6.75. The molecule has 0 saturated carbocycles. The molecule has 0 aliphatic heterocycles. The number of carbonyl (C=O) groups is 1. The maximum atomic E-state index is 11.3. The van der Waals surface area contributed by atoms with Crippen molar-refractivity contribution in [2.75, 3.05) is 5.32 Å². The lowest BCUT2D eigenvalue weighted by Gasteiger charge is -2.12. The van der Waals surface area contributed by atoms with Crippen molar-refractivity contribution >= 4 is 23.2 Å². The number of nitrogens with one attached hydrogen (secondary N) is 1. The number of hydrogen-bond donors (Lipinski definition) is 2. The van der Waals surface area contributed by atoms with Gasteiger partial charge in [0.25, 0.3) is 0 Å². The summed E-state index contributed by atoms with van der Waals surface area (Å²) in [6.45, 7) is 4.49. The highest BCUT2D eigenvalue weighted by molar-refractivity contribution is 6.31. The Hall–Kier alpha value is -2.00. The summed E-state index contributed by atoms with van der Waals surface area (Å²) in [5.41, 5.74) is 9.79. The van der Waals surface area contributed by atoms with E-state index < -0.39 is 5.91 Å². The molecular weight excluding hydrogens is 272 g/mol. The Bertz CT molecular complexity index is 653. The van der Waals surface area contributed by atoms with Crippen molar-refractivity contribution in [3.63, 3.8) is 0 Å². The van der Waals surface area contributed by atoms with E-state index >= 15 is 0 Å². The third-order valence-corrected chi connectivity index (χ3v) is 3.73. The fourth-order valence-electron chi connectivity index (χ4n) is 2.04. The van der Waals surface area contributed by atoms with E-state index in [4.69, 9.17) is 17.3 Å². The second-order valence-electron chi connectivity index (χ2n) is 4.78. The lowest BCUT2D eigenvalue weighted by molar-refractivity contribution is 0.1000. The van der Waals surface area contributed by atoms with Gasteiger partial charge in [-0.15, -0.1) is 0 Å². The molecule has 0 spiro atoms. The van der Waals surface area contributed by atoms with Gasteiger partial charge in [-0.2, -0.15) is 0 Å². The summed E-state index contributed by atoms with van der Waals surface area (Å²) in [6, 6.07) is 11.4. The minimum Gasteiger partial charge on any atom is -0.381 e. The first-order valence-electron chi connectivity index (χ1n) is 6.37. The molecule has 0 aromatic heterocycles. The molecule has 104 valence electrons. The number of primary amides is 1. The predicted octanol–water partition coefficient (Wildman–Crippen LogP) is 3.67. The molecule has 0 bridgehead atoms. The minimum absolute atomic E-state index is 0.412. The Labute approximate surface area is 123 Å². The van der Waals surface area contributed by atoms with Crippen LogP contribution in [0.15, 0.2) is 36.4 Å². The molecule has 4 heteroatoms. The van der Waals surface area contributed by atoms with Crippen LogP contribution in [0, 0.1) is 13.8 Å². The van der Waals surface area contributed by atoms with Gasteiger partial charge in [0.2, 0.25) is 5.91 Å². The van der Waals surface area contributed by atoms with Crippen LogP contribution in [0.3, 0.4) is 0 Å². The van der Waals surface area contributed by atoms with E-state index in [1.54, 1.807) is 6.07 Å². The second kappa shape index (κ2) is 5.97. The summed E-state index contributed by atoms with van der Waals surface area (Å²) in [5.74, 6) is -0.412. The van der Waals surface area contributed by atoms with E-state index in [0.717, 1.165) is 27.4 Å². The highest BCUT2D eigenvalue weighted by Gasteiger charge is 2.08. The summed E-state index contributed by atoms with van der Waals surface area (Å²) >= 11 is 6.10. The molecule has 0 heterocycles. The van der Waals surface area contributed by atoms with Gasteiger partial charge in [-0.25, -0.2) is 0 Å². The number of hydrogen-bond acceptors (Lipinski definition) is 2. The summed E-state index contributed by atoms with van der Waals surface area (Å²) in [6.07, 6.45) is 0. The van der Waals surface area contributed by atoms with Gasteiger partial charge in [0, 0.05) is 22.8 Å². The predicted molar refractivity (Wildman–Crippen MR) is 83.2 cm³/mol. The van der Waals surface area contributed by atoms with Crippen LogP contribution in [0.5, 0.6) is 0 Å². The molecular formula is C16H17ClN2O. The van der Waals surface area contributed by atoms with E-state index in [1.807, 2.05) is 44.2 Å². The zero-order valence-corrected chi connectivity index (χ0v) is 12.3. The molecule has 0 unspecified atom stereocenters. The number of amides is 1. The first-order chi connectivity index (χ1) is 9.49. The van der Waals surface area contributed by atoms with E-state index in [2.05, 4.69) is 5.32 Å². The standard InChI is InChI=1S/C16H17ClN2O/c1-10-6-7-12(8-14(10)17)9-19-15-5-3-4-13(11(15)2)16(18)20/h3-8,19H,9H2,1-2H3,(H2,18,20). The van der Waals surface area contributed by atoms with E-state index in [-0.39, 0.29) is 0 Å². The van der Waals surface area contributed by atoms with Crippen molar-refractivity contribution in [3.05, 3.63) is 63.7 Å². The molecule has 0 fully saturated rings. The fraction of sp³-hybridized carbons (Fsp3) is 0.188. The molecule has 0 aliphatic carbocycles. The van der Waals surface area contributed by atoms with Gasteiger partial charge in [0.05, 0.1) is 0 Å². The molecule has 0 atom stereocenters. The fourth-order valence-corrected chi connectivity index (χ4v) is 2.24. The van der Waals surface area contributed by atoms with Crippen LogP contribution in [0.25, 0.3) is 0 Å². The van der Waals surface area contributed by atoms with Gasteiger partial charge < -0.3 is 11.1 Å². The van der Waals surface area contributed by atoms with Crippen LogP contribution in [0.4, 0.5) is 5.69 Å². The zero-order chi connectivity index (χ0) is 14.7. The van der Waals surface area contributed by atoms with Crippen LogP contribution in [-0.4, -0.2) is 5.91 Å². The first kappa shape index (κ1) is 14.4. The molecule has 0 saturated heterocycles. The second-order valence-corrected chi connectivity index (χ2v) is 5.19. The van der Waals surface area contributed by atoms with Crippen LogP contribution < -0.4 is 11.1 Å². The highest BCUT2D eigenvalue weighted by atomic mass is 35.5. The zero-order valence-electron chi connectivity index (χ0n) is 11.5. The molecule has 3 nitrogen and oxygen atoms in total. The van der Waals surface area contributed by atoms with Crippen molar-refractivity contribution < 1.29 is 4.79 Å². The van der Waals surface area contributed by atoms with Gasteiger partial charge in [-0.05, 0) is 48.7 Å². The Morgan fingerprint density at radius 3 is 2.65 bits per heavy atom. The van der Waals surface area contributed by atoms with Crippen molar-refractivity contribution in [1.82, 2.24) is 0 Å². The Morgan fingerprint density at radius 1 is 1.25 bits per heavy atom. The van der Waals surface area contributed by atoms with Crippen molar-refractivity contribution in [1.29, 1.82) is 0 Å². The summed E-state index contributed by atoms with van der Waals surface area (Å²) in [7, 11) is 0. The van der Waals surface area contributed by atoms with Gasteiger partial charge in [-0.1, -0.05) is 29.8 Å². The minimum atomic E-state index is -0.412. The molecule has 2 rings (SSSR count). The molecule has 3 N–H and O–H groups in total. The van der Waals surface area contributed by atoms with Crippen LogP contribution in [-0.2, 0) is 6.54 Å². The summed E-state index contributed by atoms with van der Waals surface area (Å²) in [5, 5.41) is 4.06. The van der Waals surface area contributed by atoms with E-state index in [0.29, 0.717) is 12.1 Å². The maximum Gasteiger partial charge on any atom is 0.249 e. The smallest absolute Gasteiger partial charge is 0.249 e. The average Bonchev–Trinajstić information content (AvgIpc) is 2.41. The van der Waals surface area contributed by atoms with Gasteiger partial charge in [0.1, 0.15) is 0 Å². The highest BCUT2D eigenvalue weighted by Crippen LogP contribution is 2.21. The lowest BCUT2D eigenvalue weighted by atomic mass is 10.1. The molecule has 1 amide bonds. The van der Waals surface area contributed by atoms with Crippen molar-refractivity contribution in [2.45, 2.75) is 20.4 Å². The monoisotopic (exact) mass is 288 g/mol. The lowest BCUT2D eigenvalue weighted by Crippen LogP contribution is -2.13. The Balaban J connectivity index is 2.17. The Kier molecular flexibility index (Phi) is 4.30. The summed E-state index contributed by atoms with van der Waals surface area (Å²) < 4.78 is 0. The normalized spacial score (nSPS) is 10.3. The van der Waals surface area contributed by atoms with E-state index in [9.17, 15) is 4.79 Å². The van der Waals surface area contributed by atoms with Gasteiger partial charge in [-0.3, -0.25) is 4.79 Å². The number of halogens is 1. The number of nitrogens with two attached hydrogens (primary N) is 1. The Morgan fingerprint density at radius 2 is 2.00 bits per heavy atom. The molecule has 2 aromatic rings.